The summed E-state index contributed by atoms with van der Waals surface area (Å²) >= 11 is 0. The molecule has 0 aliphatic carbocycles. The van der Waals surface area contributed by atoms with Gasteiger partial charge in [0.05, 0.1) is 6.10 Å². The lowest BCUT2D eigenvalue weighted by molar-refractivity contribution is -0.00730. The van der Waals surface area contributed by atoms with E-state index in [1.54, 1.807) is 0 Å². The van der Waals surface area contributed by atoms with Crippen molar-refractivity contribution in [3.8, 4) is 0 Å². The van der Waals surface area contributed by atoms with Gasteiger partial charge in [-0.05, 0) is 39.4 Å². The minimum absolute atomic E-state index is 0.262. The molecule has 0 fully saturated rings. The average molecular weight is 187 g/mol. The largest absolute Gasteiger partial charge is 0.378 e. The Kier molecular flexibility index (Phi) is 5.57. The van der Waals surface area contributed by atoms with E-state index in [4.69, 9.17) is 4.74 Å². The van der Waals surface area contributed by atoms with E-state index in [2.05, 4.69) is 46.7 Å². The highest BCUT2D eigenvalue weighted by Gasteiger charge is 2.19. The van der Waals surface area contributed by atoms with Crippen molar-refractivity contribution in [1.82, 2.24) is 4.90 Å². The zero-order valence-electron chi connectivity index (χ0n) is 10.1. The Balaban J connectivity index is 3.43. The first-order valence-corrected chi connectivity index (χ1v) is 5.10. The van der Waals surface area contributed by atoms with Gasteiger partial charge in [0.2, 0.25) is 0 Å². The van der Waals surface area contributed by atoms with Crippen molar-refractivity contribution >= 4 is 0 Å². The molecule has 0 N–H and O–H groups in total. The van der Waals surface area contributed by atoms with E-state index in [0.29, 0.717) is 6.10 Å². The molecule has 0 radical (unpaired) electrons. The highest BCUT2D eigenvalue weighted by atomic mass is 16.5. The smallest absolute Gasteiger partial charge is 0.0595 e. The lowest BCUT2D eigenvalue weighted by atomic mass is 9.90. The van der Waals surface area contributed by atoms with Gasteiger partial charge in [0.25, 0.3) is 0 Å². The van der Waals surface area contributed by atoms with Crippen molar-refractivity contribution in [2.24, 2.45) is 5.41 Å². The van der Waals surface area contributed by atoms with Gasteiger partial charge >= 0.3 is 0 Å². The van der Waals surface area contributed by atoms with Gasteiger partial charge in [-0.1, -0.05) is 20.8 Å². The topological polar surface area (TPSA) is 12.5 Å². The molecule has 13 heavy (non-hydrogen) atoms. The number of ether oxygens (including phenoxy) is 1. The summed E-state index contributed by atoms with van der Waals surface area (Å²) < 4.78 is 5.73. The van der Waals surface area contributed by atoms with Gasteiger partial charge in [-0.15, -0.1) is 0 Å². The third-order valence-corrected chi connectivity index (χ3v) is 2.34. The van der Waals surface area contributed by atoms with Crippen LogP contribution in [0.25, 0.3) is 0 Å². The summed E-state index contributed by atoms with van der Waals surface area (Å²) in [6.45, 7) is 10.8. The molecule has 2 heteroatoms. The van der Waals surface area contributed by atoms with Crippen LogP contribution in [0.1, 0.15) is 34.1 Å². The summed E-state index contributed by atoms with van der Waals surface area (Å²) in [5, 5.41) is 0. The summed E-state index contributed by atoms with van der Waals surface area (Å²) in [6, 6.07) is 0. The molecule has 0 aromatic heterocycles. The summed E-state index contributed by atoms with van der Waals surface area (Å²) in [5.74, 6) is 0. The third kappa shape index (κ3) is 7.03. The van der Waals surface area contributed by atoms with E-state index in [1.165, 1.54) is 0 Å². The Morgan fingerprint density at radius 1 is 1.23 bits per heavy atom. The van der Waals surface area contributed by atoms with Crippen LogP contribution in [0.3, 0.4) is 0 Å². The van der Waals surface area contributed by atoms with E-state index in [-0.39, 0.29) is 5.41 Å². The molecular formula is C11H25NO. The molecular weight excluding hydrogens is 162 g/mol. The molecule has 0 bridgehead atoms. The number of nitrogens with zero attached hydrogens (tertiary/aromatic N) is 1. The standard InChI is InChI=1S/C11H25NO/c1-10(11(2,3)4)13-9-7-8-12(5)6/h10H,7-9H2,1-6H3/t10-/m1/s1. The summed E-state index contributed by atoms with van der Waals surface area (Å²) in [4.78, 5) is 2.19. The van der Waals surface area contributed by atoms with Crippen molar-refractivity contribution in [1.29, 1.82) is 0 Å². The fourth-order valence-electron chi connectivity index (χ4n) is 0.891. The highest BCUT2D eigenvalue weighted by Crippen LogP contribution is 2.21. The quantitative estimate of drug-likeness (QED) is 0.613. The Morgan fingerprint density at radius 2 is 1.77 bits per heavy atom. The second-order valence-corrected chi connectivity index (χ2v) is 5.04. The normalized spacial score (nSPS) is 15.0. The number of hydrogen-bond donors (Lipinski definition) is 0. The van der Waals surface area contributed by atoms with Crippen molar-refractivity contribution in [3.05, 3.63) is 0 Å². The van der Waals surface area contributed by atoms with Crippen LogP contribution in [0.15, 0.2) is 0 Å². The van der Waals surface area contributed by atoms with Crippen LogP contribution in [0.5, 0.6) is 0 Å². The first-order valence-electron chi connectivity index (χ1n) is 5.10. The molecule has 0 spiro atoms. The van der Waals surface area contributed by atoms with E-state index in [9.17, 15) is 0 Å². The van der Waals surface area contributed by atoms with Crippen LogP contribution >= 0.6 is 0 Å². The van der Waals surface area contributed by atoms with E-state index >= 15 is 0 Å². The Hall–Kier alpha value is -0.0800. The summed E-state index contributed by atoms with van der Waals surface area (Å²) in [6.07, 6.45) is 1.46. The lowest BCUT2D eigenvalue weighted by Gasteiger charge is -2.27. The molecule has 0 saturated carbocycles. The maximum absolute atomic E-state index is 5.73. The average Bonchev–Trinajstić information content (AvgIpc) is 1.95. The fraction of sp³-hybridized carbons (Fsp3) is 1.00. The third-order valence-electron chi connectivity index (χ3n) is 2.34. The molecule has 0 rings (SSSR count). The predicted molar refractivity (Wildman–Crippen MR) is 58.0 cm³/mol. The van der Waals surface area contributed by atoms with E-state index < -0.39 is 0 Å². The number of hydrogen-bond acceptors (Lipinski definition) is 2. The molecule has 0 saturated heterocycles. The van der Waals surface area contributed by atoms with Crippen molar-refractivity contribution in [2.45, 2.75) is 40.2 Å². The van der Waals surface area contributed by atoms with Gasteiger partial charge in [0, 0.05) is 6.61 Å². The molecule has 80 valence electrons. The van der Waals surface area contributed by atoms with Crippen molar-refractivity contribution < 1.29 is 4.74 Å². The minimum Gasteiger partial charge on any atom is -0.378 e. The minimum atomic E-state index is 0.262. The molecule has 0 aliphatic rings. The maximum Gasteiger partial charge on any atom is 0.0595 e. The molecule has 0 amide bonds. The predicted octanol–water partition coefficient (Wildman–Crippen LogP) is 2.39. The monoisotopic (exact) mass is 187 g/mol. The van der Waals surface area contributed by atoms with Gasteiger partial charge in [0.15, 0.2) is 0 Å². The highest BCUT2D eigenvalue weighted by molar-refractivity contribution is 4.69. The van der Waals surface area contributed by atoms with Gasteiger partial charge in [0.1, 0.15) is 0 Å². The molecule has 0 unspecified atom stereocenters. The zero-order valence-corrected chi connectivity index (χ0v) is 10.1. The van der Waals surface area contributed by atoms with Gasteiger partial charge < -0.3 is 9.64 Å². The first-order chi connectivity index (χ1) is 5.84. The van der Waals surface area contributed by atoms with Crippen LogP contribution in [0.2, 0.25) is 0 Å². The van der Waals surface area contributed by atoms with Gasteiger partial charge in [-0.2, -0.15) is 0 Å². The second kappa shape index (κ2) is 5.61. The maximum atomic E-state index is 5.73. The van der Waals surface area contributed by atoms with Crippen molar-refractivity contribution in [2.75, 3.05) is 27.2 Å². The van der Waals surface area contributed by atoms with Crippen LogP contribution in [-0.4, -0.2) is 38.3 Å². The number of rotatable bonds is 5. The first kappa shape index (κ1) is 12.9. The molecule has 0 aliphatic heterocycles. The second-order valence-electron chi connectivity index (χ2n) is 5.04. The summed E-state index contributed by atoms with van der Waals surface area (Å²) in [5.41, 5.74) is 0.262. The van der Waals surface area contributed by atoms with Crippen molar-refractivity contribution in [3.63, 3.8) is 0 Å². The lowest BCUT2D eigenvalue weighted by Crippen LogP contribution is -2.27. The van der Waals surface area contributed by atoms with Crippen LogP contribution in [-0.2, 0) is 4.74 Å². The molecule has 0 heterocycles. The van der Waals surface area contributed by atoms with Gasteiger partial charge in [-0.25, -0.2) is 0 Å². The molecule has 2 nitrogen and oxygen atoms in total. The van der Waals surface area contributed by atoms with Gasteiger partial charge in [-0.3, -0.25) is 0 Å². The SMILES string of the molecule is C[C@@H](OCCCN(C)C)C(C)(C)C. The van der Waals surface area contributed by atoms with E-state index in [1.807, 2.05) is 0 Å². The molecule has 1 atom stereocenters. The zero-order chi connectivity index (χ0) is 10.5. The Morgan fingerprint density at radius 3 is 2.15 bits per heavy atom. The Labute approximate surface area is 83.3 Å². The summed E-state index contributed by atoms with van der Waals surface area (Å²) in [7, 11) is 4.18. The fourth-order valence-corrected chi connectivity index (χ4v) is 0.891. The molecule has 0 aromatic rings. The Bertz CT molecular complexity index is 127. The van der Waals surface area contributed by atoms with Crippen LogP contribution in [0.4, 0.5) is 0 Å². The molecule has 0 aromatic carbocycles. The van der Waals surface area contributed by atoms with Crippen LogP contribution < -0.4 is 0 Å². The van der Waals surface area contributed by atoms with E-state index in [0.717, 1.165) is 19.6 Å². The van der Waals surface area contributed by atoms with Crippen LogP contribution in [0, 0.1) is 5.41 Å².